The van der Waals surface area contributed by atoms with Gasteiger partial charge >= 0.3 is 0 Å². The number of aromatic nitrogens is 2. The second-order valence-corrected chi connectivity index (χ2v) is 5.31. The predicted octanol–water partition coefficient (Wildman–Crippen LogP) is 3.33. The van der Waals surface area contributed by atoms with Crippen LogP contribution in [0.3, 0.4) is 0 Å². The van der Waals surface area contributed by atoms with Crippen LogP contribution in [0.4, 0.5) is 0 Å². The molecule has 16 heavy (non-hydrogen) atoms. The molecule has 0 aliphatic heterocycles. The molecule has 2 aromatic rings. The number of benzene rings is 1. The van der Waals surface area contributed by atoms with Gasteiger partial charge in [-0.2, -0.15) is 4.37 Å². The van der Waals surface area contributed by atoms with Crippen LogP contribution in [0, 0.1) is 0 Å². The smallest absolute Gasteiger partial charge is 0.174 e. The third kappa shape index (κ3) is 2.54. The molecular formula is C11H12N2OS2. The van der Waals surface area contributed by atoms with Crippen molar-refractivity contribution in [2.45, 2.75) is 11.3 Å². The van der Waals surface area contributed by atoms with Crippen LogP contribution in [-0.4, -0.2) is 22.2 Å². The molecule has 0 saturated carbocycles. The van der Waals surface area contributed by atoms with Crippen molar-refractivity contribution in [1.82, 2.24) is 9.36 Å². The van der Waals surface area contributed by atoms with Gasteiger partial charge < -0.3 is 4.74 Å². The van der Waals surface area contributed by atoms with Gasteiger partial charge in [0.1, 0.15) is 5.75 Å². The van der Waals surface area contributed by atoms with Gasteiger partial charge in [0.05, 0.1) is 7.11 Å². The van der Waals surface area contributed by atoms with E-state index in [0.717, 1.165) is 27.2 Å². The molecule has 0 amide bonds. The first-order valence-electron chi connectivity index (χ1n) is 4.94. The number of ether oxygens (including phenoxy) is 1. The van der Waals surface area contributed by atoms with Crippen LogP contribution in [0.2, 0.25) is 0 Å². The second kappa shape index (κ2) is 5.32. The summed E-state index contributed by atoms with van der Waals surface area (Å²) in [4.78, 5) is 4.46. The third-order valence-corrected chi connectivity index (χ3v) is 3.72. The van der Waals surface area contributed by atoms with Crippen LogP contribution < -0.4 is 4.74 Å². The zero-order valence-corrected chi connectivity index (χ0v) is 10.8. The number of thioether (sulfide) groups is 1. The van der Waals surface area contributed by atoms with E-state index in [-0.39, 0.29) is 0 Å². The minimum atomic E-state index is 0.778. The molecule has 1 aromatic carbocycles. The zero-order chi connectivity index (χ0) is 11.4. The first kappa shape index (κ1) is 11.4. The Balaban J connectivity index is 2.27. The van der Waals surface area contributed by atoms with Crippen molar-refractivity contribution >= 4 is 23.3 Å². The summed E-state index contributed by atoms with van der Waals surface area (Å²) in [6.07, 6.45) is 0. The van der Waals surface area contributed by atoms with Crippen LogP contribution in [0.25, 0.3) is 11.4 Å². The lowest BCUT2D eigenvalue weighted by molar-refractivity contribution is 0.415. The molecule has 0 radical (unpaired) electrons. The fraction of sp³-hybridized carbons (Fsp3) is 0.273. The Bertz CT molecular complexity index is 471. The van der Waals surface area contributed by atoms with Crippen LogP contribution in [0.1, 0.15) is 6.92 Å². The van der Waals surface area contributed by atoms with Crippen molar-refractivity contribution in [3.63, 3.8) is 0 Å². The highest BCUT2D eigenvalue weighted by atomic mass is 32.2. The van der Waals surface area contributed by atoms with Crippen LogP contribution in [0.5, 0.6) is 5.75 Å². The van der Waals surface area contributed by atoms with Gasteiger partial charge in [-0.1, -0.05) is 30.8 Å². The van der Waals surface area contributed by atoms with Gasteiger partial charge in [-0.15, -0.1) is 0 Å². The maximum atomic E-state index is 5.17. The van der Waals surface area contributed by atoms with Gasteiger partial charge in [-0.05, 0) is 29.4 Å². The normalized spacial score (nSPS) is 10.4. The molecular weight excluding hydrogens is 240 g/mol. The molecule has 0 spiro atoms. The molecule has 3 nitrogen and oxygen atoms in total. The van der Waals surface area contributed by atoms with Crippen LogP contribution in [-0.2, 0) is 0 Å². The molecule has 0 bridgehead atoms. The summed E-state index contributed by atoms with van der Waals surface area (Å²) in [5.41, 5.74) is 0.999. The molecule has 0 fully saturated rings. The van der Waals surface area contributed by atoms with E-state index in [2.05, 4.69) is 16.3 Å². The molecule has 1 heterocycles. The third-order valence-electron chi connectivity index (χ3n) is 2.00. The summed E-state index contributed by atoms with van der Waals surface area (Å²) >= 11 is 3.16. The summed E-state index contributed by atoms with van der Waals surface area (Å²) in [6, 6.07) is 7.80. The van der Waals surface area contributed by atoms with Gasteiger partial charge in [0.25, 0.3) is 0 Å². The maximum absolute atomic E-state index is 5.17. The molecule has 0 aliphatic rings. The number of rotatable bonds is 4. The number of hydrogen-bond donors (Lipinski definition) is 0. The average Bonchev–Trinajstić information content (AvgIpc) is 2.78. The molecule has 0 unspecified atom stereocenters. The van der Waals surface area contributed by atoms with Crippen molar-refractivity contribution in [2.24, 2.45) is 0 Å². The summed E-state index contributed by atoms with van der Waals surface area (Å²) < 4.78 is 10.5. The maximum Gasteiger partial charge on any atom is 0.174 e. The highest BCUT2D eigenvalue weighted by molar-refractivity contribution is 8.00. The number of nitrogens with zero attached hydrogens (tertiary/aromatic N) is 2. The van der Waals surface area contributed by atoms with E-state index in [1.165, 1.54) is 11.5 Å². The molecule has 0 saturated heterocycles. The molecule has 0 N–H and O–H groups in total. The summed E-state index contributed by atoms with van der Waals surface area (Å²) in [5.74, 6) is 2.63. The SMILES string of the molecule is CCSc1nc(-c2cccc(OC)c2)ns1. The topological polar surface area (TPSA) is 35.0 Å². The monoisotopic (exact) mass is 252 g/mol. The largest absolute Gasteiger partial charge is 0.497 e. The number of methoxy groups -OCH3 is 1. The van der Waals surface area contributed by atoms with Gasteiger partial charge in [0, 0.05) is 5.56 Å². The van der Waals surface area contributed by atoms with E-state index in [0.29, 0.717) is 0 Å². The lowest BCUT2D eigenvalue weighted by Gasteiger charge is -2.00. The highest BCUT2D eigenvalue weighted by Crippen LogP contribution is 2.26. The molecule has 2 rings (SSSR count). The Kier molecular flexibility index (Phi) is 3.79. The predicted molar refractivity (Wildman–Crippen MR) is 68.3 cm³/mol. The standard InChI is InChI=1S/C11H12N2OS2/c1-3-15-11-12-10(13-16-11)8-5-4-6-9(7-8)14-2/h4-7H,3H2,1-2H3. The Hall–Kier alpha value is -1.07. The van der Waals surface area contributed by atoms with E-state index in [1.54, 1.807) is 18.9 Å². The Morgan fingerprint density at radius 2 is 2.31 bits per heavy atom. The fourth-order valence-corrected chi connectivity index (χ4v) is 2.78. The van der Waals surface area contributed by atoms with Gasteiger partial charge in [0.15, 0.2) is 10.2 Å². The van der Waals surface area contributed by atoms with Gasteiger partial charge in [-0.25, -0.2) is 4.98 Å². The van der Waals surface area contributed by atoms with E-state index in [9.17, 15) is 0 Å². The Labute approximate surface area is 103 Å². The minimum absolute atomic E-state index is 0.778. The molecule has 84 valence electrons. The Morgan fingerprint density at radius 3 is 3.06 bits per heavy atom. The zero-order valence-electron chi connectivity index (χ0n) is 9.14. The van der Waals surface area contributed by atoms with Crippen molar-refractivity contribution in [3.8, 4) is 17.1 Å². The van der Waals surface area contributed by atoms with Gasteiger partial charge in [-0.3, -0.25) is 0 Å². The van der Waals surface area contributed by atoms with E-state index in [4.69, 9.17) is 4.74 Å². The van der Waals surface area contributed by atoms with E-state index >= 15 is 0 Å². The van der Waals surface area contributed by atoms with Crippen LogP contribution in [0.15, 0.2) is 28.6 Å². The van der Waals surface area contributed by atoms with E-state index < -0.39 is 0 Å². The van der Waals surface area contributed by atoms with Crippen molar-refractivity contribution < 1.29 is 4.74 Å². The molecule has 5 heteroatoms. The first-order valence-corrected chi connectivity index (χ1v) is 6.70. The van der Waals surface area contributed by atoms with Crippen molar-refractivity contribution in [2.75, 3.05) is 12.9 Å². The minimum Gasteiger partial charge on any atom is -0.497 e. The first-order chi connectivity index (χ1) is 7.83. The molecule has 0 atom stereocenters. The van der Waals surface area contributed by atoms with Crippen molar-refractivity contribution in [1.29, 1.82) is 0 Å². The molecule has 0 aliphatic carbocycles. The lowest BCUT2D eigenvalue weighted by atomic mass is 10.2. The lowest BCUT2D eigenvalue weighted by Crippen LogP contribution is -1.85. The number of hydrogen-bond acceptors (Lipinski definition) is 5. The quantitative estimate of drug-likeness (QED) is 0.782. The molecule has 1 aromatic heterocycles. The average molecular weight is 252 g/mol. The second-order valence-electron chi connectivity index (χ2n) is 3.05. The Morgan fingerprint density at radius 1 is 1.44 bits per heavy atom. The van der Waals surface area contributed by atoms with Crippen molar-refractivity contribution in [3.05, 3.63) is 24.3 Å². The summed E-state index contributed by atoms with van der Waals surface area (Å²) in [5, 5.41) is 0. The van der Waals surface area contributed by atoms with E-state index in [1.807, 2.05) is 24.3 Å². The highest BCUT2D eigenvalue weighted by Gasteiger charge is 2.06. The van der Waals surface area contributed by atoms with Gasteiger partial charge in [0.2, 0.25) is 0 Å². The summed E-state index contributed by atoms with van der Waals surface area (Å²) in [7, 11) is 1.66. The summed E-state index contributed by atoms with van der Waals surface area (Å²) in [6.45, 7) is 2.11. The fourth-order valence-electron chi connectivity index (χ4n) is 1.27. The van der Waals surface area contributed by atoms with Crippen LogP contribution >= 0.6 is 23.3 Å².